The van der Waals surface area contributed by atoms with Gasteiger partial charge < -0.3 is 19.7 Å². The van der Waals surface area contributed by atoms with E-state index in [2.05, 4.69) is 24.2 Å². The van der Waals surface area contributed by atoms with Crippen LogP contribution in [0.2, 0.25) is 5.02 Å². The van der Waals surface area contributed by atoms with Gasteiger partial charge in [0.15, 0.2) is 5.96 Å². The third-order valence-corrected chi connectivity index (χ3v) is 4.79. The monoisotopic (exact) mass is 367 g/mol. The van der Waals surface area contributed by atoms with Gasteiger partial charge in [0, 0.05) is 43.9 Å². The second-order valence-corrected chi connectivity index (χ2v) is 6.83. The number of methoxy groups -OCH3 is 1. The van der Waals surface area contributed by atoms with Crippen LogP contribution in [-0.2, 0) is 11.3 Å². The van der Waals surface area contributed by atoms with Gasteiger partial charge in [-0.1, -0.05) is 17.7 Å². The van der Waals surface area contributed by atoms with Gasteiger partial charge in [0.1, 0.15) is 5.75 Å². The van der Waals surface area contributed by atoms with Crippen LogP contribution in [0.15, 0.2) is 23.2 Å². The lowest BCUT2D eigenvalue weighted by Crippen LogP contribution is -2.40. The average Bonchev–Trinajstić information content (AvgIpc) is 2.64. The molecule has 2 rings (SSSR count). The molecule has 140 valence electrons. The van der Waals surface area contributed by atoms with Crippen LogP contribution < -0.4 is 10.1 Å². The molecule has 1 aliphatic rings. The fourth-order valence-corrected chi connectivity index (χ4v) is 3.16. The van der Waals surface area contributed by atoms with Gasteiger partial charge in [0.25, 0.3) is 0 Å². The van der Waals surface area contributed by atoms with Crippen LogP contribution in [0.3, 0.4) is 0 Å². The van der Waals surface area contributed by atoms with Crippen molar-refractivity contribution < 1.29 is 9.47 Å². The van der Waals surface area contributed by atoms with E-state index in [1.165, 1.54) is 19.3 Å². The van der Waals surface area contributed by atoms with Gasteiger partial charge in [-0.05, 0) is 44.2 Å². The largest absolute Gasteiger partial charge is 0.496 e. The molecule has 6 heteroatoms. The lowest BCUT2D eigenvalue weighted by Gasteiger charge is -2.27. The van der Waals surface area contributed by atoms with E-state index in [0.717, 1.165) is 49.5 Å². The van der Waals surface area contributed by atoms with Crippen LogP contribution >= 0.6 is 11.6 Å². The Morgan fingerprint density at radius 3 is 2.84 bits per heavy atom. The third-order valence-electron chi connectivity index (χ3n) is 4.56. The van der Waals surface area contributed by atoms with Crippen molar-refractivity contribution in [1.29, 1.82) is 0 Å². The Labute approximate surface area is 156 Å². The van der Waals surface area contributed by atoms with Crippen molar-refractivity contribution in [2.75, 3.05) is 40.5 Å². The highest BCUT2D eigenvalue weighted by Gasteiger charge is 2.15. The fraction of sp³-hybridized carbons (Fsp3) is 0.632. The fourth-order valence-electron chi connectivity index (χ4n) is 3.00. The van der Waals surface area contributed by atoms with Gasteiger partial charge in [0.2, 0.25) is 0 Å². The van der Waals surface area contributed by atoms with E-state index >= 15 is 0 Å². The topological polar surface area (TPSA) is 46.1 Å². The number of halogens is 1. The van der Waals surface area contributed by atoms with Crippen LogP contribution in [0.4, 0.5) is 0 Å². The zero-order valence-corrected chi connectivity index (χ0v) is 16.3. The highest BCUT2D eigenvalue weighted by molar-refractivity contribution is 6.30. The number of hydrogen-bond acceptors (Lipinski definition) is 3. The third kappa shape index (κ3) is 6.40. The number of aliphatic imine (C=N–C) groups is 1. The Balaban J connectivity index is 1.96. The zero-order valence-electron chi connectivity index (χ0n) is 15.6. The van der Waals surface area contributed by atoms with E-state index in [4.69, 9.17) is 26.1 Å². The maximum absolute atomic E-state index is 6.03. The first-order chi connectivity index (χ1) is 12.1. The van der Waals surface area contributed by atoms with Crippen molar-refractivity contribution in [2.24, 2.45) is 10.9 Å². The average molecular weight is 368 g/mol. The van der Waals surface area contributed by atoms with Gasteiger partial charge >= 0.3 is 0 Å². The minimum Gasteiger partial charge on any atom is -0.496 e. The Hall–Kier alpha value is -1.46. The summed E-state index contributed by atoms with van der Waals surface area (Å²) in [4.78, 5) is 6.98. The molecule has 25 heavy (non-hydrogen) atoms. The Bertz CT molecular complexity index is 560. The van der Waals surface area contributed by atoms with Gasteiger partial charge in [-0.15, -0.1) is 0 Å². The molecule has 0 saturated carbocycles. The van der Waals surface area contributed by atoms with Crippen LogP contribution in [0.5, 0.6) is 5.75 Å². The molecule has 1 N–H and O–H groups in total. The quantitative estimate of drug-likeness (QED) is 0.591. The summed E-state index contributed by atoms with van der Waals surface area (Å²) >= 11 is 6.03. The molecule has 1 heterocycles. The summed E-state index contributed by atoms with van der Waals surface area (Å²) in [6.45, 7) is 6.29. The lowest BCUT2D eigenvalue weighted by atomic mass is 9.96. The summed E-state index contributed by atoms with van der Waals surface area (Å²) in [6, 6.07) is 5.67. The molecular weight excluding hydrogens is 338 g/mol. The second kappa shape index (κ2) is 10.5. The normalized spacial score (nSPS) is 15.9. The summed E-state index contributed by atoms with van der Waals surface area (Å²) < 4.78 is 10.8. The summed E-state index contributed by atoms with van der Waals surface area (Å²) in [6.07, 6.45) is 3.52. The molecule has 1 saturated heterocycles. The molecule has 0 radical (unpaired) electrons. The van der Waals surface area contributed by atoms with E-state index in [-0.39, 0.29) is 0 Å². The minimum atomic E-state index is 0.560. The van der Waals surface area contributed by atoms with Crippen molar-refractivity contribution in [3.05, 3.63) is 28.8 Å². The van der Waals surface area contributed by atoms with E-state index in [1.807, 2.05) is 18.2 Å². The predicted octanol–water partition coefficient (Wildman–Crippen LogP) is 3.56. The van der Waals surface area contributed by atoms with Crippen molar-refractivity contribution in [2.45, 2.75) is 32.7 Å². The molecule has 1 aliphatic heterocycles. The molecule has 0 unspecified atom stereocenters. The van der Waals surface area contributed by atoms with Crippen molar-refractivity contribution >= 4 is 17.6 Å². The van der Waals surface area contributed by atoms with Crippen molar-refractivity contribution in [3.8, 4) is 5.75 Å². The van der Waals surface area contributed by atoms with Gasteiger partial charge in [-0.2, -0.15) is 0 Å². The number of nitrogens with one attached hydrogen (secondary N) is 1. The van der Waals surface area contributed by atoms with E-state index in [9.17, 15) is 0 Å². The molecule has 1 aromatic rings. The van der Waals surface area contributed by atoms with E-state index in [1.54, 1.807) is 7.11 Å². The van der Waals surface area contributed by atoms with Gasteiger partial charge in [0.05, 0.1) is 13.7 Å². The molecule has 0 atom stereocenters. The maximum Gasteiger partial charge on any atom is 0.193 e. The van der Waals surface area contributed by atoms with Crippen LogP contribution in [0.1, 0.15) is 31.7 Å². The van der Waals surface area contributed by atoms with Crippen LogP contribution in [0, 0.1) is 5.92 Å². The first-order valence-electron chi connectivity index (χ1n) is 9.03. The predicted molar refractivity (Wildman–Crippen MR) is 104 cm³/mol. The van der Waals surface area contributed by atoms with Crippen molar-refractivity contribution in [1.82, 2.24) is 10.2 Å². The van der Waals surface area contributed by atoms with Crippen LogP contribution in [0.25, 0.3) is 0 Å². The maximum atomic E-state index is 6.03. The Morgan fingerprint density at radius 2 is 2.16 bits per heavy atom. The number of ether oxygens (including phenoxy) is 2. The first-order valence-corrected chi connectivity index (χ1v) is 9.41. The molecule has 0 spiro atoms. The summed E-state index contributed by atoms with van der Waals surface area (Å²) in [5.41, 5.74) is 1.03. The van der Waals surface area contributed by atoms with Crippen molar-refractivity contribution in [3.63, 3.8) is 0 Å². The zero-order chi connectivity index (χ0) is 18.1. The summed E-state index contributed by atoms with van der Waals surface area (Å²) in [5, 5.41) is 4.04. The minimum absolute atomic E-state index is 0.560. The standard InChI is InChI=1S/C19H30ClN3O2/c1-4-21-19(23(2)10-7-15-8-11-25-12-9-15)22-14-16-5-6-17(20)13-18(16)24-3/h5-6,13,15H,4,7-12,14H2,1-3H3,(H,21,22). The molecular formula is C19H30ClN3O2. The lowest BCUT2D eigenvalue weighted by molar-refractivity contribution is 0.0625. The second-order valence-electron chi connectivity index (χ2n) is 6.39. The number of nitrogens with zero attached hydrogens (tertiary/aromatic N) is 2. The highest BCUT2D eigenvalue weighted by Crippen LogP contribution is 2.24. The van der Waals surface area contributed by atoms with E-state index < -0.39 is 0 Å². The smallest absolute Gasteiger partial charge is 0.193 e. The number of benzene rings is 1. The summed E-state index contributed by atoms with van der Waals surface area (Å²) in [5.74, 6) is 2.46. The highest BCUT2D eigenvalue weighted by atomic mass is 35.5. The number of guanidine groups is 1. The number of hydrogen-bond donors (Lipinski definition) is 1. The molecule has 0 aromatic heterocycles. The van der Waals surface area contributed by atoms with Crippen LogP contribution in [-0.4, -0.2) is 51.3 Å². The SMILES string of the molecule is CCNC(=NCc1ccc(Cl)cc1OC)N(C)CCC1CCOCC1. The molecule has 0 amide bonds. The Morgan fingerprint density at radius 1 is 1.40 bits per heavy atom. The van der Waals surface area contributed by atoms with Gasteiger partial charge in [-0.3, -0.25) is 0 Å². The molecule has 0 aliphatic carbocycles. The molecule has 0 bridgehead atoms. The number of rotatable bonds is 7. The summed E-state index contributed by atoms with van der Waals surface area (Å²) in [7, 11) is 3.75. The Kier molecular flexibility index (Phi) is 8.35. The molecule has 1 fully saturated rings. The first kappa shape index (κ1) is 19.9. The molecule has 5 nitrogen and oxygen atoms in total. The van der Waals surface area contributed by atoms with Gasteiger partial charge in [-0.25, -0.2) is 4.99 Å². The van der Waals surface area contributed by atoms with E-state index in [0.29, 0.717) is 11.6 Å². The molecule has 1 aromatic carbocycles.